The van der Waals surface area contributed by atoms with E-state index in [1.165, 1.54) is 25.7 Å². The number of carbonyl (C=O) groups excluding carboxylic acids is 1. The minimum Gasteiger partial charge on any atom is -0.343 e. The fraction of sp³-hybridized carbons (Fsp3) is 0.929. The van der Waals surface area contributed by atoms with Gasteiger partial charge >= 0.3 is 0 Å². The van der Waals surface area contributed by atoms with Crippen LogP contribution in [0.3, 0.4) is 0 Å². The van der Waals surface area contributed by atoms with Crippen LogP contribution in [0.5, 0.6) is 0 Å². The predicted octanol–water partition coefficient (Wildman–Crippen LogP) is 0.775. The van der Waals surface area contributed by atoms with Crippen LogP contribution in [-0.4, -0.2) is 36.6 Å². The lowest BCUT2D eigenvalue weighted by atomic mass is 9.61. The van der Waals surface area contributed by atoms with Gasteiger partial charge in [-0.2, -0.15) is 0 Å². The van der Waals surface area contributed by atoms with E-state index in [0.29, 0.717) is 5.92 Å². The summed E-state index contributed by atoms with van der Waals surface area (Å²) >= 11 is 0. The maximum atomic E-state index is 11.5. The van der Waals surface area contributed by atoms with Crippen molar-refractivity contribution in [2.24, 2.45) is 29.4 Å². The Balaban J connectivity index is 1.71. The average Bonchev–Trinajstić information content (AvgIpc) is 2.38. The van der Waals surface area contributed by atoms with E-state index < -0.39 is 0 Å². The van der Waals surface area contributed by atoms with Crippen molar-refractivity contribution in [2.75, 3.05) is 19.6 Å². The summed E-state index contributed by atoms with van der Waals surface area (Å²) in [6, 6.07) is 0. The summed E-state index contributed by atoms with van der Waals surface area (Å²) in [4.78, 5) is 13.5. The monoisotopic (exact) mass is 251 g/mol. The minimum atomic E-state index is 0.204. The smallest absolute Gasteiger partial charge is 0.219 e. The number of nitrogens with one attached hydrogen (secondary N) is 1. The molecule has 5 atom stereocenters. The number of likely N-dealkylation sites (tertiary alicyclic amines) is 1. The van der Waals surface area contributed by atoms with Gasteiger partial charge < -0.3 is 16.0 Å². The van der Waals surface area contributed by atoms with Crippen LogP contribution in [0.2, 0.25) is 0 Å². The lowest BCUT2D eigenvalue weighted by Crippen LogP contribution is -2.58. The minimum absolute atomic E-state index is 0.204. The van der Waals surface area contributed by atoms with Gasteiger partial charge in [-0.15, -0.1) is 0 Å². The summed E-state index contributed by atoms with van der Waals surface area (Å²) in [6.07, 6.45) is 5.17. The number of rotatable bonds is 0. The number of nitrogens with zero attached hydrogens (tertiary/aromatic N) is 1. The van der Waals surface area contributed by atoms with Crippen LogP contribution in [-0.2, 0) is 4.79 Å². The highest BCUT2D eigenvalue weighted by Crippen LogP contribution is 2.46. The van der Waals surface area contributed by atoms with Crippen LogP contribution in [0.4, 0.5) is 0 Å². The van der Waals surface area contributed by atoms with Crippen molar-refractivity contribution in [1.29, 1.82) is 0 Å². The molecular weight excluding hydrogens is 226 g/mol. The second-order valence-corrected chi connectivity index (χ2v) is 6.35. The lowest BCUT2D eigenvalue weighted by Gasteiger charge is -2.51. The third kappa shape index (κ3) is 2.05. The number of carbonyl (C=O) groups is 1. The fourth-order valence-electron chi connectivity index (χ4n) is 4.59. The molecule has 0 bridgehead atoms. The zero-order chi connectivity index (χ0) is 12.7. The number of amides is 1. The standard InChI is InChI=1S/C14H25N3O/c1-9(18)17-7-5-11-10(8-17)2-3-13-12(11)4-6-16-14(13)15/h10-14,16H,2-8,15H2,1H3/t10-,11?,12?,13-,14+/m0/s1. The molecule has 3 aliphatic rings. The van der Waals surface area contributed by atoms with E-state index >= 15 is 0 Å². The zero-order valence-electron chi connectivity index (χ0n) is 11.3. The predicted molar refractivity (Wildman–Crippen MR) is 70.7 cm³/mol. The molecule has 0 aromatic rings. The molecule has 4 nitrogen and oxygen atoms in total. The van der Waals surface area contributed by atoms with Gasteiger partial charge in [0.15, 0.2) is 0 Å². The Bertz CT molecular complexity index is 333. The highest BCUT2D eigenvalue weighted by molar-refractivity contribution is 5.73. The first kappa shape index (κ1) is 12.4. The Morgan fingerprint density at radius 3 is 2.78 bits per heavy atom. The van der Waals surface area contributed by atoms with Gasteiger partial charge in [-0.3, -0.25) is 4.79 Å². The molecule has 102 valence electrons. The number of fused-ring (bicyclic) bond motifs is 3. The summed E-state index contributed by atoms with van der Waals surface area (Å²) in [5, 5.41) is 3.42. The van der Waals surface area contributed by atoms with E-state index in [9.17, 15) is 4.79 Å². The molecule has 0 aromatic carbocycles. The molecule has 2 saturated heterocycles. The van der Waals surface area contributed by atoms with Crippen molar-refractivity contribution in [1.82, 2.24) is 10.2 Å². The molecule has 3 fully saturated rings. The Labute approximate surface area is 109 Å². The summed E-state index contributed by atoms with van der Waals surface area (Å²) in [6.45, 7) is 4.72. The molecule has 3 rings (SSSR count). The third-order valence-corrected chi connectivity index (χ3v) is 5.53. The van der Waals surface area contributed by atoms with Crippen molar-refractivity contribution in [3.8, 4) is 0 Å². The number of piperidine rings is 2. The zero-order valence-corrected chi connectivity index (χ0v) is 11.3. The Morgan fingerprint density at radius 2 is 2.00 bits per heavy atom. The summed E-state index contributed by atoms with van der Waals surface area (Å²) in [5.41, 5.74) is 6.21. The fourth-order valence-corrected chi connectivity index (χ4v) is 4.59. The lowest BCUT2D eigenvalue weighted by molar-refractivity contribution is -0.133. The van der Waals surface area contributed by atoms with Crippen molar-refractivity contribution in [3.05, 3.63) is 0 Å². The number of nitrogens with two attached hydrogens (primary N) is 1. The van der Waals surface area contributed by atoms with Gasteiger partial charge in [0.05, 0.1) is 6.17 Å². The highest BCUT2D eigenvalue weighted by atomic mass is 16.2. The second kappa shape index (κ2) is 4.82. The van der Waals surface area contributed by atoms with Gasteiger partial charge in [0.2, 0.25) is 5.91 Å². The van der Waals surface area contributed by atoms with Crippen LogP contribution in [0.1, 0.15) is 32.6 Å². The Hall–Kier alpha value is -0.610. The second-order valence-electron chi connectivity index (χ2n) is 6.35. The molecule has 0 spiro atoms. The van der Waals surface area contributed by atoms with E-state index in [2.05, 4.69) is 5.32 Å². The highest BCUT2D eigenvalue weighted by Gasteiger charge is 2.45. The Morgan fingerprint density at radius 1 is 1.17 bits per heavy atom. The largest absolute Gasteiger partial charge is 0.343 e. The first-order valence-electron chi connectivity index (χ1n) is 7.41. The van der Waals surface area contributed by atoms with Crippen molar-refractivity contribution in [2.45, 2.75) is 38.8 Å². The van der Waals surface area contributed by atoms with E-state index in [0.717, 1.165) is 37.4 Å². The van der Waals surface area contributed by atoms with E-state index in [1.807, 2.05) is 4.90 Å². The van der Waals surface area contributed by atoms with Crippen LogP contribution < -0.4 is 11.1 Å². The van der Waals surface area contributed by atoms with Gasteiger partial charge in [0.1, 0.15) is 0 Å². The molecule has 18 heavy (non-hydrogen) atoms. The molecule has 0 aromatic heterocycles. The van der Waals surface area contributed by atoms with Crippen molar-refractivity contribution < 1.29 is 4.79 Å². The van der Waals surface area contributed by atoms with Gasteiger partial charge in [-0.25, -0.2) is 0 Å². The summed E-state index contributed by atoms with van der Waals surface area (Å²) in [5.74, 6) is 3.26. The SMILES string of the molecule is CC(=O)N1CCC2C3CCN[C@@H](N)[C@H]3CC[C@H]2C1. The van der Waals surface area contributed by atoms with Crippen LogP contribution in [0.15, 0.2) is 0 Å². The maximum Gasteiger partial charge on any atom is 0.219 e. The first-order chi connectivity index (χ1) is 8.66. The maximum absolute atomic E-state index is 11.5. The Kier molecular flexibility index (Phi) is 3.32. The molecule has 2 aliphatic heterocycles. The molecular formula is C14H25N3O. The van der Waals surface area contributed by atoms with Gasteiger partial charge in [0, 0.05) is 20.0 Å². The van der Waals surface area contributed by atoms with E-state index in [4.69, 9.17) is 5.73 Å². The van der Waals surface area contributed by atoms with Gasteiger partial charge in [0.25, 0.3) is 0 Å². The molecule has 2 heterocycles. The van der Waals surface area contributed by atoms with Crippen molar-refractivity contribution >= 4 is 5.91 Å². The molecule has 1 saturated carbocycles. The quantitative estimate of drug-likeness (QED) is 0.669. The number of hydrogen-bond acceptors (Lipinski definition) is 3. The van der Waals surface area contributed by atoms with Crippen LogP contribution >= 0.6 is 0 Å². The van der Waals surface area contributed by atoms with E-state index in [1.54, 1.807) is 6.92 Å². The topological polar surface area (TPSA) is 58.4 Å². The van der Waals surface area contributed by atoms with Crippen LogP contribution in [0.25, 0.3) is 0 Å². The first-order valence-corrected chi connectivity index (χ1v) is 7.41. The normalized spacial score (nSPS) is 44.1. The number of hydrogen-bond donors (Lipinski definition) is 2. The average molecular weight is 251 g/mol. The summed E-state index contributed by atoms with van der Waals surface area (Å²) in [7, 11) is 0. The summed E-state index contributed by atoms with van der Waals surface area (Å²) < 4.78 is 0. The molecule has 2 unspecified atom stereocenters. The van der Waals surface area contributed by atoms with E-state index in [-0.39, 0.29) is 12.1 Å². The van der Waals surface area contributed by atoms with Crippen LogP contribution in [0, 0.1) is 23.7 Å². The van der Waals surface area contributed by atoms with Crippen molar-refractivity contribution in [3.63, 3.8) is 0 Å². The van der Waals surface area contributed by atoms with Gasteiger partial charge in [-0.05, 0) is 55.9 Å². The third-order valence-electron chi connectivity index (χ3n) is 5.53. The molecule has 3 N–H and O–H groups in total. The molecule has 0 radical (unpaired) electrons. The van der Waals surface area contributed by atoms with Gasteiger partial charge in [-0.1, -0.05) is 0 Å². The molecule has 1 aliphatic carbocycles. The molecule has 4 heteroatoms. The molecule has 1 amide bonds.